The number of alkyl halides is 1. The number of halogens is 2. The van der Waals surface area contributed by atoms with Crippen LogP contribution in [-0.4, -0.2) is 17.8 Å². The van der Waals surface area contributed by atoms with E-state index in [2.05, 4.69) is 27.9 Å². The molecule has 0 saturated heterocycles. The van der Waals surface area contributed by atoms with Crippen LogP contribution in [0, 0.1) is 8.80 Å². The Hall–Kier alpha value is 0.190. The van der Waals surface area contributed by atoms with Crippen LogP contribution in [0.15, 0.2) is 11.4 Å². The molecule has 1 saturated carbocycles. The lowest BCUT2D eigenvalue weighted by molar-refractivity contribution is 0.0944. The fourth-order valence-corrected chi connectivity index (χ4v) is 3.91. The first-order valence-corrected chi connectivity index (χ1v) is 8.21. The number of carbonyl (C=O) groups is 1. The van der Waals surface area contributed by atoms with E-state index in [0.717, 1.165) is 27.8 Å². The minimum Gasteiger partial charge on any atom is -0.352 e. The lowest BCUT2D eigenvalue weighted by atomic mass is 9.89. The summed E-state index contributed by atoms with van der Waals surface area (Å²) < 4.78 is 1.14. The molecule has 2 atom stereocenters. The number of carbonyl (C=O) groups excluding carboxylic acids is 1. The average Bonchev–Trinajstić information content (AvgIpc) is 2.73. The van der Waals surface area contributed by atoms with Gasteiger partial charge in [-0.2, -0.15) is 0 Å². The Morgan fingerprint density at radius 3 is 3.06 bits per heavy atom. The molecule has 1 aliphatic rings. The summed E-state index contributed by atoms with van der Waals surface area (Å²) >= 11 is 9.96. The van der Waals surface area contributed by atoms with Gasteiger partial charge in [-0.05, 0) is 53.8 Å². The van der Waals surface area contributed by atoms with Gasteiger partial charge in [-0.1, -0.05) is 6.42 Å². The van der Waals surface area contributed by atoms with Crippen LogP contribution in [0.5, 0.6) is 0 Å². The van der Waals surface area contributed by atoms with E-state index < -0.39 is 0 Å². The van der Waals surface area contributed by atoms with Crippen LogP contribution < -0.4 is 5.32 Å². The van der Waals surface area contributed by atoms with Gasteiger partial charge >= 0.3 is 0 Å². The Bertz CT molecular complexity index is 396. The third-order valence-electron chi connectivity index (χ3n) is 3.10. The molecule has 1 aromatic rings. The largest absolute Gasteiger partial charge is 0.352 e. The van der Waals surface area contributed by atoms with Crippen LogP contribution in [0.2, 0.25) is 0 Å². The molecule has 1 fully saturated rings. The molecule has 2 rings (SSSR count). The zero-order chi connectivity index (χ0) is 12.3. The molecular weight excluding hydrogens is 369 g/mol. The highest BCUT2D eigenvalue weighted by Crippen LogP contribution is 2.27. The molecule has 1 N–H and O–H groups in total. The van der Waals surface area contributed by atoms with Crippen molar-refractivity contribution in [1.82, 2.24) is 5.32 Å². The van der Waals surface area contributed by atoms with Gasteiger partial charge in [0, 0.05) is 17.3 Å². The fourth-order valence-electron chi connectivity index (χ4n) is 2.18. The van der Waals surface area contributed by atoms with Crippen molar-refractivity contribution in [3.63, 3.8) is 0 Å². The maximum atomic E-state index is 11.8. The number of hydrogen-bond donors (Lipinski definition) is 1. The van der Waals surface area contributed by atoms with Crippen molar-refractivity contribution in [3.05, 3.63) is 19.9 Å². The van der Waals surface area contributed by atoms with E-state index in [0.29, 0.717) is 11.3 Å². The highest BCUT2D eigenvalue weighted by atomic mass is 127. The lowest BCUT2D eigenvalue weighted by Crippen LogP contribution is -2.31. The smallest absolute Gasteiger partial charge is 0.252 e. The SMILES string of the molecule is O=C(NCC1CCCC(Cl)C1)c1csc(I)c1. The van der Waals surface area contributed by atoms with E-state index in [9.17, 15) is 4.79 Å². The molecule has 2 nitrogen and oxygen atoms in total. The van der Waals surface area contributed by atoms with Crippen LogP contribution in [0.3, 0.4) is 0 Å². The summed E-state index contributed by atoms with van der Waals surface area (Å²) in [5, 5.41) is 5.21. The van der Waals surface area contributed by atoms with Gasteiger partial charge in [0.05, 0.1) is 8.45 Å². The standard InChI is InChI=1S/C12H15ClINOS/c13-10-3-1-2-8(4-10)6-15-12(16)9-5-11(14)17-7-9/h5,7-8,10H,1-4,6H2,(H,15,16). The molecule has 94 valence electrons. The molecule has 0 radical (unpaired) electrons. The Morgan fingerprint density at radius 2 is 2.41 bits per heavy atom. The predicted octanol–water partition coefficient (Wildman–Crippen LogP) is 3.88. The van der Waals surface area contributed by atoms with E-state index >= 15 is 0 Å². The maximum Gasteiger partial charge on any atom is 0.252 e. The molecular formula is C12H15ClINOS. The molecule has 1 amide bonds. The zero-order valence-electron chi connectivity index (χ0n) is 9.42. The molecule has 0 spiro atoms. The molecule has 1 heterocycles. The monoisotopic (exact) mass is 383 g/mol. The van der Waals surface area contributed by atoms with Gasteiger partial charge < -0.3 is 5.32 Å². The van der Waals surface area contributed by atoms with Gasteiger partial charge in [-0.15, -0.1) is 22.9 Å². The Balaban J connectivity index is 1.80. The minimum absolute atomic E-state index is 0.0425. The van der Waals surface area contributed by atoms with Gasteiger partial charge in [-0.25, -0.2) is 0 Å². The second-order valence-electron chi connectivity index (χ2n) is 4.48. The summed E-state index contributed by atoms with van der Waals surface area (Å²) in [6.45, 7) is 0.758. The van der Waals surface area contributed by atoms with Crippen molar-refractivity contribution in [2.45, 2.75) is 31.1 Å². The Labute approximate surface area is 124 Å². The fraction of sp³-hybridized carbons (Fsp3) is 0.583. The molecule has 0 aromatic carbocycles. The molecule has 1 aromatic heterocycles. The molecule has 17 heavy (non-hydrogen) atoms. The number of rotatable bonds is 3. The first-order valence-electron chi connectivity index (χ1n) is 5.81. The lowest BCUT2D eigenvalue weighted by Gasteiger charge is -2.25. The van der Waals surface area contributed by atoms with Gasteiger partial charge in [-0.3, -0.25) is 4.79 Å². The average molecular weight is 384 g/mol. The number of hydrogen-bond acceptors (Lipinski definition) is 2. The molecule has 0 aliphatic heterocycles. The summed E-state index contributed by atoms with van der Waals surface area (Å²) in [4.78, 5) is 11.8. The first kappa shape index (κ1) is 13.6. The second-order valence-corrected chi connectivity index (χ2v) is 7.90. The third-order valence-corrected chi connectivity index (χ3v) is 5.29. The Kier molecular flexibility index (Phi) is 5.11. The second kappa shape index (κ2) is 6.38. The van der Waals surface area contributed by atoms with Gasteiger partial charge in [0.2, 0.25) is 0 Å². The van der Waals surface area contributed by atoms with E-state index in [1.54, 1.807) is 11.3 Å². The van der Waals surface area contributed by atoms with Crippen LogP contribution in [-0.2, 0) is 0 Å². The van der Waals surface area contributed by atoms with Crippen molar-refractivity contribution in [1.29, 1.82) is 0 Å². The van der Waals surface area contributed by atoms with E-state index in [-0.39, 0.29) is 5.91 Å². The molecule has 2 unspecified atom stereocenters. The first-order chi connectivity index (χ1) is 8.15. The van der Waals surface area contributed by atoms with Crippen LogP contribution in [0.1, 0.15) is 36.0 Å². The van der Waals surface area contributed by atoms with Gasteiger partial charge in [0.1, 0.15) is 0 Å². The molecule has 5 heteroatoms. The van der Waals surface area contributed by atoms with E-state index in [1.165, 1.54) is 12.8 Å². The number of thiophene rings is 1. The summed E-state index contributed by atoms with van der Waals surface area (Å²) in [5.41, 5.74) is 0.776. The Morgan fingerprint density at radius 1 is 1.59 bits per heavy atom. The van der Waals surface area contributed by atoms with Crippen LogP contribution in [0.25, 0.3) is 0 Å². The summed E-state index contributed by atoms with van der Waals surface area (Å²) in [6, 6.07) is 1.92. The summed E-state index contributed by atoms with van der Waals surface area (Å²) in [6.07, 6.45) is 4.52. The van der Waals surface area contributed by atoms with Crippen molar-refractivity contribution < 1.29 is 4.79 Å². The minimum atomic E-state index is 0.0425. The quantitative estimate of drug-likeness (QED) is 0.623. The van der Waals surface area contributed by atoms with Crippen molar-refractivity contribution >= 4 is 51.4 Å². The van der Waals surface area contributed by atoms with Gasteiger partial charge in [0.15, 0.2) is 0 Å². The number of nitrogens with one attached hydrogen (secondary N) is 1. The number of amides is 1. The third kappa shape index (κ3) is 4.10. The van der Waals surface area contributed by atoms with E-state index in [1.807, 2.05) is 11.4 Å². The molecule has 0 bridgehead atoms. The maximum absolute atomic E-state index is 11.8. The normalized spacial score (nSPS) is 24.6. The van der Waals surface area contributed by atoms with E-state index in [4.69, 9.17) is 11.6 Å². The van der Waals surface area contributed by atoms with Crippen LogP contribution >= 0.6 is 45.5 Å². The molecule has 1 aliphatic carbocycles. The van der Waals surface area contributed by atoms with Crippen LogP contribution in [0.4, 0.5) is 0 Å². The van der Waals surface area contributed by atoms with Gasteiger partial charge in [0.25, 0.3) is 5.91 Å². The van der Waals surface area contributed by atoms with Crippen molar-refractivity contribution in [2.75, 3.05) is 6.54 Å². The highest BCUT2D eigenvalue weighted by molar-refractivity contribution is 14.1. The summed E-state index contributed by atoms with van der Waals surface area (Å²) in [5.74, 6) is 0.591. The topological polar surface area (TPSA) is 29.1 Å². The predicted molar refractivity (Wildman–Crippen MR) is 81.0 cm³/mol. The zero-order valence-corrected chi connectivity index (χ0v) is 13.1. The van der Waals surface area contributed by atoms with Crippen molar-refractivity contribution in [2.24, 2.45) is 5.92 Å². The van der Waals surface area contributed by atoms with Crippen molar-refractivity contribution in [3.8, 4) is 0 Å². The summed E-state index contributed by atoms with van der Waals surface area (Å²) in [7, 11) is 0. The highest BCUT2D eigenvalue weighted by Gasteiger charge is 2.20.